The van der Waals surface area contributed by atoms with Gasteiger partial charge in [-0.2, -0.15) is 0 Å². The van der Waals surface area contributed by atoms with Crippen LogP contribution in [0.15, 0.2) is 88.8 Å². The molecule has 2 atom stereocenters. The zero-order valence-electron chi connectivity index (χ0n) is 18.2. The molecule has 2 amide bonds. The van der Waals surface area contributed by atoms with Crippen LogP contribution in [0.3, 0.4) is 0 Å². The monoisotopic (exact) mass is 454 g/mol. The fourth-order valence-corrected chi connectivity index (χ4v) is 4.77. The number of hydrogen-bond donors (Lipinski definition) is 1. The number of nitrogens with zero attached hydrogens (tertiary/aromatic N) is 3. The lowest BCUT2D eigenvalue weighted by Gasteiger charge is -2.26. The molecule has 5 rings (SSSR count). The largest absolute Gasteiger partial charge is 0.325 e. The van der Waals surface area contributed by atoms with Gasteiger partial charge in [-0.15, -0.1) is 0 Å². The third kappa shape index (κ3) is 4.07. The van der Waals surface area contributed by atoms with Gasteiger partial charge in [0.2, 0.25) is 5.91 Å². The minimum absolute atomic E-state index is 0.156. The number of aliphatic imine (C=N–C) groups is 2. The summed E-state index contributed by atoms with van der Waals surface area (Å²) in [5, 5.41) is 2.94. The molecule has 2 aliphatic heterocycles. The van der Waals surface area contributed by atoms with Gasteiger partial charge in [-0.3, -0.25) is 9.59 Å². The Morgan fingerprint density at radius 3 is 2.58 bits per heavy atom. The molecule has 3 aromatic rings. The quantitative estimate of drug-likeness (QED) is 0.597. The summed E-state index contributed by atoms with van der Waals surface area (Å²) >= 11 is 1.26. The Hall–Kier alpha value is -3.71. The number of hydrogen-bond acceptors (Lipinski definition) is 5. The van der Waals surface area contributed by atoms with Crippen molar-refractivity contribution in [3.63, 3.8) is 0 Å². The lowest BCUT2D eigenvalue weighted by Crippen LogP contribution is -2.41. The van der Waals surface area contributed by atoms with Crippen LogP contribution < -0.4 is 5.32 Å². The third-order valence-corrected chi connectivity index (χ3v) is 6.57. The molecule has 0 fully saturated rings. The van der Waals surface area contributed by atoms with Crippen LogP contribution in [0.2, 0.25) is 0 Å². The summed E-state index contributed by atoms with van der Waals surface area (Å²) in [6, 6.07) is 24.2. The van der Waals surface area contributed by atoms with Crippen molar-refractivity contribution in [2.75, 3.05) is 5.32 Å². The fourth-order valence-electron chi connectivity index (χ4n) is 3.86. The van der Waals surface area contributed by atoms with Gasteiger partial charge in [0, 0.05) is 11.3 Å². The van der Waals surface area contributed by atoms with E-state index in [1.165, 1.54) is 11.8 Å². The van der Waals surface area contributed by atoms with Crippen LogP contribution in [0, 0.1) is 6.92 Å². The van der Waals surface area contributed by atoms with Gasteiger partial charge in [0.25, 0.3) is 5.91 Å². The van der Waals surface area contributed by atoms with E-state index in [9.17, 15) is 9.59 Å². The topological polar surface area (TPSA) is 74.1 Å². The Bertz CT molecular complexity index is 1300. The molecule has 0 spiro atoms. The van der Waals surface area contributed by atoms with Gasteiger partial charge in [0.05, 0.1) is 10.9 Å². The average Bonchev–Trinajstić information content (AvgIpc) is 3.17. The number of fused-ring (bicyclic) bond motifs is 3. The minimum atomic E-state index is -0.630. The second kappa shape index (κ2) is 8.67. The molecule has 0 aromatic heterocycles. The van der Waals surface area contributed by atoms with Crippen LogP contribution >= 0.6 is 11.8 Å². The summed E-state index contributed by atoms with van der Waals surface area (Å²) in [6.45, 7) is 3.79. The molecular formula is C26H22N4O2S. The highest BCUT2D eigenvalue weighted by Gasteiger charge is 2.42. The fraction of sp³-hybridized carbons (Fsp3) is 0.154. The maximum absolute atomic E-state index is 13.5. The first kappa shape index (κ1) is 21.2. The van der Waals surface area contributed by atoms with Crippen molar-refractivity contribution < 1.29 is 9.59 Å². The predicted molar refractivity (Wildman–Crippen MR) is 133 cm³/mol. The van der Waals surface area contributed by atoms with E-state index in [2.05, 4.69) is 5.32 Å². The van der Waals surface area contributed by atoms with Crippen molar-refractivity contribution in [1.82, 2.24) is 4.90 Å². The molecule has 33 heavy (non-hydrogen) atoms. The van der Waals surface area contributed by atoms with Crippen molar-refractivity contribution in [3.05, 3.63) is 95.6 Å². The summed E-state index contributed by atoms with van der Waals surface area (Å²) in [7, 11) is 0. The van der Waals surface area contributed by atoms with E-state index < -0.39 is 11.3 Å². The van der Waals surface area contributed by atoms with E-state index in [0.29, 0.717) is 11.0 Å². The highest BCUT2D eigenvalue weighted by Crippen LogP contribution is 2.38. The van der Waals surface area contributed by atoms with Crippen molar-refractivity contribution in [2.45, 2.75) is 25.1 Å². The second-order valence-corrected chi connectivity index (χ2v) is 9.28. The Kier molecular flexibility index (Phi) is 5.56. The van der Waals surface area contributed by atoms with Gasteiger partial charge in [0.15, 0.2) is 11.2 Å². The Morgan fingerprint density at radius 2 is 1.79 bits per heavy atom. The predicted octanol–water partition coefficient (Wildman–Crippen LogP) is 5.09. The lowest BCUT2D eigenvalue weighted by atomic mass is 10.1. The SMILES string of the molecule is Cc1cccc(NC(=O)C(C)SC2=Nc3ccccc3C3=NC(c4ccccc4)C(=O)N23)c1. The van der Waals surface area contributed by atoms with Crippen LogP contribution in [0.1, 0.15) is 29.7 Å². The van der Waals surface area contributed by atoms with Crippen molar-refractivity contribution in [3.8, 4) is 0 Å². The molecule has 2 aliphatic rings. The van der Waals surface area contributed by atoms with E-state index in [1.54, 1.807) is 4.90 Å². The first-order chi connectivity index (χ1) is 16.0. The maximum Gasteiger partial charge on any atom is 0.263 e. The number of carbonyl (C=O) groups excluding carboxylic acids is 2. The molecule has 2 unspecified atom stereocenters. The summed E-state index contributed by atoms with van der Waals surface area (Å²) in [6.07, 6.45) is 0. The summed E-state index contributed by atoms with van der Waals surface area (Å²) in [5.74, 6) is 0.258. The summed E-state index contributed by atoms with van der Waals surface area (Å²) in [4.78, 5) is 37.4. The number of amides is 2. The molecule has 6 nitrogen and oxygen atoms in total. The van der Waals surface area contributed by atoms with Gasteiger partial charge in [-0.25, -0.2) is 14.9 Å². The van der Waals surface area contributed by atoms with Gasteiger partial charge in [0.1, 0.15) is 5.84 Å². The molecule has 0 bridgehead atoms. The third-order valence-electron chi connectivity index (χ3n) is 5.52. The molecule has 0 radical (unpaired) electrons. The molecule has 1 N–H and O–H groups in total. The van der Waals surface area contributed by atoms with E-state index in [-0.39, 0.29) is 11.8 Å². The summed E-state index contributed by atoms with van der Waals surface area (Å²) < 4.78 is 0. The number of amidine groups is 2. The number of carbonyl (C=O) groups is 2. The Morgan fingerprint density at radius 1 is 1.03 bits per heavy atom. The van der Waals surface area contributed by atoms with Crippen LogP contribution in [0.5, 0.6) is 0 Å². The first-order valence-corrected chi connectivity index (χ1v) is 11.6. The molecule has 0 saturated heterocycles. The van der Waals surface area contributed by atoms with E-state index in [0.717, 1.165) is 28.1 Å². The normalized spacial score (nSPS) is 17.6. The van der Waals surface area contributed by atoms with Crippen LogP contribution in [0.4, 0.5) is 11.4 Å². The van der Waals surface area contributed by atoms with Crippen LogP contribution in [0.25, 0.3) is 0 Å². The zero-order chi connectivity index (χ0) is 22.9. The van der Waals surface area contributed by atoms with Gasteiger partial charge >= 0.3 is 0 Å². The molecule has 0 aliphatic carbocycles. The van der Waals surface area contributed by atoms with Crippen molar-refractivity contribution in [2.24, 2.45) is 9.98 Å². The molecule has 164 valence electrons. The maximum atomic E-state index is 13.5. The number of thioether (sulfide) groups is 1. The minimum Gasteiger partial charge on any atom is -0.325 e. The highest BCUT2D eigenvalue weighted by atomic mass is 32.2. The van der Waals surface area contributed by atoms with Crippen LogP contribution in [-0.2, 0) is 9.59 Å². The number of aryl methyl sites for hydroxylation is 1. The molecular weight excluding hydrogens is 432 g/mol. The number of para-hydroxylation sites is 1. The number of benzene rings is 3. The Labute approximate surface area is 196 Å². The first-order valence-electron chi connectivity index (χ1n) is 10.7. The van der Waals surface area contributed by atoms with E-state index in [1.807, 2.05) is 92.7 Å². The van der Waals surface area contributed by atoms with Crippen LogP contribution in [-0.4, -0.2) is 33.0 Å². The van der Waals surface area contributed by atoms with Gasteiger partial charge in [-0.1, -0.05) is 66.4 Å². The molecule has 7 heteroatoms. The van der Waals surface area contributed by atoms with Crippen molar-refractivity contribution in [1.29, 1.82) is 0 Å². The number of anilines is 1. The summed E-state index contributed by atoms with van der Waals surface area (Å²) in [5.41, 5.74) is 4.19. The second-order valence-electron chi connectivity index (χ2n) is 7.97. The van der Waals surface area contributed by atoms with Gasteiger partial charge < -0.3 is 5.32 Å². The highest BCUT2D eigenvalue weighted by molar-refractivity contribution is 8.15. The molecule has 2 heterocycles. The molecule has 0 saturated carbocycles. The van der Waals surface area contributed by atoms with E-state index >= 15 is 0 Å². The van der Waals surface area contributed by atoms with Gasteiger partial charge in [-0.05, 0) is 49.2 Å². The number of nitrogens with one attached hydrogen (secondary N) is 1. The number of rotatable bonds is 4. The van der Waals surface area contributed by atoms with E-state index in [4.69, 9.17) is 9.98 Å². The standard InChI is InChI=1S/C26H22N4O2S/c1-16-9-8-12-19(15-16)27-24(31)17(2)33-26-28-21-14-7-6-13-20(21)23-29-22(25(32)30(23)26)18-10-4-3-5-11-18/h3-15,17,22H,1-2H3,(H,27,31). The zero-order valence-corrected chi connectivity index (χ0v) is 19.0. The smallest absolute Gasteiger partial charge is 0.263 e. The lowest BCUT2D eigenvalue weighted by molar-refractivity contribution is -0.124. The van der Waals surface area contributed by atoms with Crippen molar-refractivity contribution >= 4 is 46.0 Å². The average molecular weight is 455 g/mol. The molecule has 3 aromatic carbocycles. The Balaban J connectivity index is 1.44.